The van der Waals surface area contributed by atoms with Crippen LogP contribution in [0.4, 0.5) is 11.6 Å². The number of aromatic nitrogens is 2. The van der Waals surface area contributed by atoms with Crippen molar-refractivity contribution in [3.63, 3.8) is 0 Å². The second-order valence-electron chi connectivity index (χ2n) is 7.99. The summed E-state index contributed by atoms with van der Waals surface area (Å²) in [6, 6.07) is 8.57. The molecule has 2 aliphatic heterocycles. The first-order chi connectivity index (χ1) is 14.9. The second-order valence-corrected chi connectivity index (χ2v) is 9.93. The van der Waals surface area contributed by atoms with E-state index in [2.05, 4.69) is 31.7 Å². The van der Waals surface area contributed by atoms with Gasteiger partial charge in [0.1, 0.15) is 23.2 Å². The number of likely N-dealkylation sites (N-methyl/N-ethyl adjacent to an activating group) is 1. The van der Waals surface area contributed by atoms with Gasteiger partial charge in [0, 0.05) is 58.4 Å². The first kappa shape index (κ1) is 21.8. The number of benzene rings is 1. The molecule has 168 valence electrons. The van der Waals surface area contributed by atoms with Gasteiger partial charge in [-0.25, -0.2) is 18.4 Å². The molecule has 0 aliphatic carbocycles. The van der Waals surface area contributed by atoms with Crippen molar-refractivity contribution >= 4 is 21.7 Å². The van der Waals surface area contributed by atoms with Crippen LogP contribution in [0.1, 0.15) is 5.82 Å². The van der Waals surface area contributed by atoms with Gasteiger partial charge in [0.2, 0.25) is 10.0 Å². The van der Waals surface area contributed by atoms with E-state index in [-0.39, 0.29) is 4.90 Å². The lowest BCUT2D eigenvalue weighted by Gasteiger charge is -2.36. The molecule has 0 saturated carbocycles. The van der Waals surface area contributed by atoms with Gasteiger partial charge in [-0.1, -0.05) is 0 Å². The van der Waals surface area contributed by atoms with E-state index >= 15 is 0 Å². The summed E-state index contributed by atoms with van der Waals surface area (Å²) < 4.78 is 32.7. The minimum Gasteiger partial charge on any atom is -0.497 e. The van der Waals surface area contributed by atoms with Gasteiger partial charge >= 0.3 is 0 Å². The molecule has 0 unspecified atom stereocenters. The first-order valence-electron chi connectivity index (χ1n) is 10.5. The van der Waals surface area contributed by atoms with Crippen LogP contribution >= 0.6 is 0 Å². The zero-order valence-electron chi connectivity index (χ0n) is 18.4. The van der Waals surface area contributed by atoms with E-state index < -0.39 is 10.0 Å². The highest BCUT2D eigenvalue weighted by molar-refractivity contribution is 7.89. The van der Waals surface area contributed by atoms with Crippen molar-refractivity contribution in [1.82, 2.24) is 19.2 Å². The van der Waals surface area contributed by atoms with Crippen molar-refractivity contribution in [1.29, 1.82) is 0 Å². The molecule has 0 spiro atoms. The third-order valence-electron chi connectivity index (χ3n) is 5.90. The van der Waals surface area contributed by atoms with Crippen LogP contribution in [-0.2, 0) is 10.0 Å². The number of nitrogens with zero attached hydrogens (tertiary/aromatic N) is 6. The highest BCUT2D eigenvalue weighted by atomic mass is 32.2. The van der Waals surface area contributed by atoms with Crippen LogP contribution in [0.15, 0.2) is 35.2 Å². The molecule has 31 heavy (non-hydrogen) atoms. The van der Waals surface area contributed by atoms with Crippen LogP contribution in [0.5, 0.6) is 5.75 Å². The van der Waals surface area contributed by atoms with Crippen molar-refractivity contribution in [3.8, 4) is 5.75 Å². The molecule has 10 heteroatoms. The Labute approximate surface area is 184 Å². The molecular formula is C21H30N6O3S. The smallest absolute Gasteiger partial charge is 0.243 e. The summed E-state index contributed by atoms with van der Waals surface area (Å²) in [6.45, 7) is 7.85. The SMILES string of the molecule is COc1ccc(S(=O)(=O)N2CCN(c3cc(N4CCN(C)CC4)nc(C)n3)CC2)cc1. The van der Waals surface area contributed by atoms with Crippen molar-refractivity contribution in [2.75, 3.05) is 76.3 Å². The fourth-order valence-corrected chi connectivity index (χ4v) is 5.37. The second kappa shape index (κ2) is 8.97. The summed E-state index contributed by atoms with van der Waals surface area (Å²) in [4.78, 5) is 16.3. The predicted molar refractivity (Wildman–Crippen MR) is 120 cm³/mol. The maximum atomic E-state index is 13.0. The van der Waals surface area contributed by atoms with Crippen LogP contribution in [0.3, 0.4) is 0 Å². The fraction of sp³-hybridized carbons (Fsp3) is 0.524. The molecule has 4 rings (SSSR count). The third kappa shape index (κ3) is 4.76. The Morgan fingerprint density at radius 1 is 0.839 bits per heavy atom. The van der Waals surface area contributed by atoms with Crippen LogP contribution in [-0.4, -0.2) is 94.1 Å². The third-order valence-corrected chi connectivity index (χ3v) is 7.81. The number of hydrogen-bond acceptors (Lipinski definition) is 8. The van der Waals surface area contributed by atoms with E-state index in [9.17, 15) is 8.42 Å². The van der Waals surface area contributed by atoms with Crippen molar-refractivity contribution in [3.05, 3.63) is 36.2 Å². The molecule has 9 nitrogen and oxygen atoms in total. The summed E-state index contributed by atoms with van der Waals surface area (Å²) in [5.41, 5.74) is 0. The number of piperazine rings is 2. The Kier molecular flexibility index (Phi) is 6.31. The van der Waals surface area contributed by atoms with Crippen molar-refractivity contribution in [2.45, 2.75) is 11.8 Å². The number of ether oxygens (including phenoxy) is 1. The molecule has 1 aromatic heterocycles. The van der Waals surface area contributed by atoms with Crippen LogP contribution in [0.25, 0.3) is 0 Å². The lowest BCUT2D eigenvalue weighted by atomic mass is 10.3. The quantitative estimate of drug-likeness (QED) is 0.674. The van der Waals surface area contributed by atoms with Crippen LogP contribution in [0, 0.1) is 6.92 Å². The summed E-state index contributed by atoms with van der Waals surface area (Å²) in [7, 11) is 0.169. The zero-order valence-corrected chi connectivity index (χ0v) is 19.2. The normalized spacial score (nSPS) is 18.9. The Bertz CT molecular complexity index is 998. The largest absolute Gasteiger partial charge is 0.497 e. The van der Waals surface area contributed by atoms with E-state index in [0.29, 0.717) is 31.9 Å². The molecule has 3 heterocycles. The monoisotopic (exact) mass is 446 g/mol. The number of anilines is 2. The van der Waals surface area contributed by atoms with E-state index in [1.165, 1.54) is 0 Å². The van der Waals surface area contributed by atoms with Crippen molar-refractivity contribution < 1.29 is 13.2 Å². The lowest BCUT2D eigenvalue weighted by molar-refractivity contribution is 0.312. The molecule has 2 saturated heterocycles. The Hall–Kier alpha value is -2.43. The van der Waals surface area contributed by atoms with E-state index in [0.717, 1.165) is 43.6 Å². The lowest BCUT2D eigenvalue weighted by Crippen LogP contribution is -2.49. The van der Waals surface area contributed by atoms with Crippen LogP contribution < -0.4 is 14.5 Å². The average Bonchev–Trinajstić information content (AvgIpc) is 2.79. The van der Waals surface area contributed by atoms with Gasteiger partial charge in [0.25, 0.3) is 0 Å². The Morgan fingerprint density at radius 3 is 1.87 bits per heavy atom. The van der Waals surface area contributed by atoms with Crippen LogP contribution in [0.2, 0.25) is 0 Å². The fourth-order valence-electron chi connectivity index (χ4n) is 3.95. The topological polar surface area (TPSA) is 82.1 Å². The molecule has 0 amide bonds. The van der Waals surface area contributed by atoms with Gasteiger partial charge in [-0.2, -0.15) is 4.31 Å². The van der Waals surface area contributed by atoms with Gasteiger partial charge in [0.05, 0.1) is 12.0 Å². The standard InChI is InChI=1S/C21H30N6O3S/c1-17-22-20(25-10-8-24(2)9-11-25)16-21(23-17)26-12-14-27(15-13-26)31(28,29)19-6-4-18(30-3)5-7-19/h4-7,16H,8-15H2,1-3H3. The van der Waals surface area contributed by atoms with Gasteiger partial charge < -0.3 is 19.4 Å². The molecule has 2 fully saturated rings. The molecule has 0 bridgehead atoms. The van der Waals surface area contributed by atoms with Gasteiger partial charge in [0.15, 0.2) is 0 Å². The molecule has 0 radical (unpaired) electrons. The Balaban J connectivity index is 1.44. The minimum atomic E-state index is -3.53. The summed E-state index contributed by atoms with van der Waals surface area (Å²) >= 11 is 0. The van der Waals surface area contributed by atoms with Gasteiger partial charge in [-0.15, -0.1) is 0 Å². The summed E-state index contributed by atoms with van der Waals surface area (Å²) in [5, 5.41) is 0. The van der Waals surface area contributed by atoms with Gasteiger partial charge in [-0.3, -0.25) is 0 Å². The number of hydrogen-bond donors (Lipinski definition) is 0. The first-order valence-corrected chi connectivity index (χ1v) is 12.0. The summed E-state index contributed by atoms with van der Waals surface area (Å²) in [6.07, 6.45) is 0. The zero-order chi connectivity index (χ0) is 22.0. The molecular weight excluding hydrogens is 416 g/mol. The maximum absolute atomic E-state index is 13.0. The van der Waals surface area contributed by atoms with Crippen molar-refractivity contribution in [2.24, 2.45) is 0 Å². The molecule has 0 atom stereocenters. The van der Waals surface area contributed by atoms with Gasteiger partial charge in [-0.05, 0) is 38.2 Å². The van der Waals surface area contributed by atoms with E-state index in [1.54, 1.807) is 35.7 Å². The maximum Gasteiger partial charge on any atom is 0.243 e. The minimum absolute atomic E-state index is 0.289. The molecule has 1 aromatic carbocycles. The number of methoxy groups -OCH3 is 1. The highest BCUT2D eigenvalue weighted by Gasteiger charge is 2.29. The number of rotatable bonds is 5. The molecule has 0 N–H and O–H groups in total. The van der Waals surface area contributed by atoms with E-state index in [1.807, 2.05) is 13.0 Å². The number of aryl methyl sites for hydroxylation is 1. The average molecular weight is 447 g/mol. The molecule has 2 aromatic rings. The molecule has 2 aliphatic rings. The Morgan fingerprint density at radius 2 is 1.35 bits per heavy atom. The highest BCUT2D eigenvalue weighted by Crippen LogP contribution is 2.24. The summed E-state index contributed by atoms with van der Waals surface area (Å²) in [5.74, 6) is 3.19. The predicted octanol–water partition coefficient (Wildman–Crippen LogP) is 1.06. The number of sulfonamides is 1. The van der Waals surface area contributed by atoms with E-state index in [4.69, 9.17) is 4.74 Å².